The van der Waals surface area contributed by atoms with Gasteiger partial charge in [0.25, 0.3) is 0 Å². The summed E-state index contributed by atoms with van der Waals surface area (Å²) in [6.07, 6.45) is 1.64. The van der Waals surface area contributed by atoms with Crippen molar-refractivity contribution in [1.29, 1.82) is 0 Å². The fourth-order valence-corrected chi connectivity index (χ4v) is 4.44. The van der Waals surface area contributed by atoms with Crippen LogP contribution in [-0.2, 0) is 10.0 Å². The van der Waals surface area contributed by atoms with E-state index in [0.29, 0.717) is 5.56 Å². The van der Waals surface area contributed by atoms with Crippen LogP contribution in [0.2, 0.25) is 0 Å². The van der Waals surface area contributed by atoms with Crippen molar-refractivity contribution < 1.29 is 8.42 Å². The molecule has 24 heavy (non-hydrogen) atoms. The van der Waals surface area contributed by atoms with Crippen LogP contribution >= 0.6 is 34.8 Å². The molecular weight excluding hydrogens is 391 g/mol. The fraction of sp³-hybridized carbons (Fsp3) is 0.125. The van der Waals surface area contributed by atoms with Crippen LogP contribution in [0, 0.1) is 0 Å². The summed E-state index contributed by atoms with van der Waals surface area (Å²) in [5.74, 6) is 0. The Morgan fingerprint density at radius 2 is 1.58 bits per heavy atom. The lowest BCUT2D eigenvalue weighted by molar-refractivity contribution is 0.559. The fourth-order valence-electron chi connectivity index (χ4n) is 2.46. The van der Waals surface area contributed by atoms with E-state index in [1.54, 1.807) is 24.4 Å². The van der Waals surface area contributed by atoms with Crippen LogP contribution in [-0.4, -0.2) is 17.2 Å². The van der Waals surface area contributed by atoms with Crippen molar-refractivity contribution in [2.45, 2.75) is 14.7 Å². The number of halogens is 3. The van der Waals surface area contributed by atoms with Gasteiger partial charge in [-0.05, 0) is 23.8 Å². The van der Waals surface area contributed by atoms with Crippen molar-refractivity contribution in [2.24, 2.45) is 0 Å². The topological polar surface area (TPSA) is 62.0 Å². The van der Waals surface area contributed by atoms with Gasteiger partial charge in [0.05, 0.1) is 10.9 Å². The van der Waals surface area contributed by atoms with Gasteiger partial charge in [-0.2, -0.15) is 4.72 Å². The number of hydrogen-bond donors (Lipinski definition) is 2. The van der Waals surface area contributed by atoms with Crippen LogP contribution in [0.15, 0.2) is 65.7 Å². The molecule has 0 unspecified atom stereocenters. The van der Waals surface area contributed by atoms with E-state index in [1.165, 1.54) is 12.1 Å². The largest absolute Gasteiger partial charge is 0.361 e. The smallest absolute Gasteiger partial charge is 0.241 e. The van der Waals surface area contributed by atoms with Crippen LogP contribution in [0.5, 0.6) is 0 Å². The molecular formula is C16H13Cl3N2O2S. The number of aromatic nitrogens is 1. The lowest BCUT2D eigenvalue weighted by Crippen LogP contribution is -2.36. The summed E-state index contributed by atoms with van der Waals surface area (Å²) >= 11 is 18.2. The number of para-hydroxylation sites is 1. The number of sulfonamides is 1. The van der Waals surface area contributed by atoms with Crippen molar-refractivity contribution in [1.82, 2.24) is 9.71 Å². The molecule has 0 bridgehead atoms. The summed E-state index contributed by atoms with van der Waals surface area (Å²) in [5, 5.41) is 0.782. The highest BCUT2D eigenvalue weighted by molar-refractivity contribution is 7.89. The Morgan fingerprint density at radius 3 is 2.25 bits per heavy atom. The van der Waals surface area contributed by atoms with Gasteiger partial charge in [0, 0.05) is 17.1 Å². The monoisotopic (exact) mass is 402 g/mol. The molecule has 2 aromatic carbocycles. The van der Waals surface area contributed by atoms with Crippen molar-refractivity contribution in [3.63, 3.8) is 0 Å². The number of rotatable bonds is 4. The molecule has 3 rings (SSSR count). The number of H-pyrrole nitrogens is 1. The van der Waals surface area contributed by atoms with Crippen molar-refractivity contribution in [3.05, 3.63) is 66.4 Å². The highest BCUT2D eigenvalue weighted by atomic mass is 35.6. The van der Waals surface area contributed by atoms with E-state index >= 15 is 0 Å². The Morgan fingerprint density at radius 1 is 0.958 bits per heavy atom. The molecule has 4 nitrogen and oxygen atoms in total. The zero-order chi connectivity index (χ0) is 17.4. The molecule has 0 radical (unpaired) electrons. The summed E-state index contributed by atoms with van der Waals surface area (Å²) in [7, 11) is -3.85. The minimum absolute atomic E-state index is 0.101. The first-order valence-electron chi connectivity index (χ1n) is 6.99. The number of aromatic amines is 1. The van der Waals surface area contributed by atoms with Gasteiger partial charge in [-0.25, -0.2) is 8.42 Å². The molecule has 1 heterocycles. The zero-order valence-electron chi connectivity index (χ0n) is 12.2. The molecule has 1 aromatic heterocycles. The van der Waals surface area contributed by atoms with Crippen LogP contribution in [0.3, 0.4) is 0 Å². The normalized spacial score (nSPS) is 14.0. The summed E-state index contributed by atoms with van der Waals surface area (Å²) in [6.45, 7) is 0. The van der Waals surface area contributed by atoms with Gasteiger partial charge >= 0.3 is 0 Å². The summed E-state index contributed by atoms with van der Waals surface area (Å²) in [4.78, 5) is 3.16. The zero-order valence-corrected chi connectivity index (χ0v) is 15.3. The standard InChI is InChI=1S/C16H13Cl3N2O2S/c17-16(18,19)15(13-10-20-14-9-5-4-8-12(13)14)21-24(22,23)11-6-2-1-3-7-11/h1-10,15,20-21H/t15-/m1/s1. The second-order valence-electron chi connectivity index (χ2n) is 5.20. The highest BCUT2D eigenvalue weighted by Crippen LogP contribution is 2.42. The van der Waals surface area contributed by atoms with Gasteiger partial charge < -0.3 is 4.98 Å². The number of hydrogen-bond acceptors (Lipinski definition) is 2. The Hall–Kier alpha value is -1.24. The molecule has 0 fully saturated rings. The van der Waals surface area contributed by atoms with Gasteiger partial charge in [-0.1, -0.05) is 71.2 Å². The average molecular weight is 404 g/mol. The first-order valence-corrected chi connectivity index (χ1v) is 9.61. The average Bonchev–Trinajstić information content (AvgIpc) is 2.96. The molecule has 126 valence electrons. The molecule has 0 aliphatic heterocycles. The Kier molecular flexibility index (Phi) is 4.82. The predicted molar refractivity (Wildman–Crippen MR) is 98.1 cm³/mol. The van der Waals surface area contributed by atoms with Gasteiger partial charge in [0.2, 0.25) is 13.8 Å². The van der Waals surface area contributed by atoms with Crippen molar-refractivity contribution >= 4 is 55.7 Å². The summed E-state index contributed by atoms with van der Waals surface area (Å²) < 4.78 is 25.9. The highest BCUT2D eigenvalue weighted by Gasteiger charge is 2.38. The summed E-state index contributed by atoms with van der Waals surface area (Å²) in [6, 6.07) is 14.3. The SMILES string of the molecule is O=S(=O)(N[C@H](c1c[nH]c2ccccc12)C(Cl)(Cl)Cl)c1ccccc1. The van der Waals surface area contributed by atoms with E-state index in [-0.39, 0.29) is 4.90 Å². The maximum atomic E-state index is 12.6. The maximum absolute atomic E-state index is 12.6. The van der Waals surface area contributed by atoms with E-state index in [0.717, 1.165) is 10.9 Å². The van der Waals surface area contributed by atoms with E-state index in [9.17, 15) is 8.42 Å². The minimum Gasteiger partial charge on any atom is -0.361 e. The van der Waals surface area contributed by atoms with Gasteiger partial charge in [-0.3, -0.25) is 0 Å². The van der Waals surface area contributed by atoms with Crippen LogP contribution in [0.25, 0.3) is 10.9 Å². The van der Waals surface area contributed by atoms with E-state index in [2.05, 4.69) is 9.71 Å². The second kappa shape index (κ2) is 6.58. The first kappa shape index (κ1) is 17.6. The second-order valence-corrected chi connectivity index (χ2v) is 9.28. The number of alkyl halides is 3. The molecule has 0 spiro atoms. The Balaban J connectivity index is 2.06. The number of fused-ring (bicyclic) bond motifs is 1. The van der Waals surface area contributed by atoms with E-state index in [4.69, 9.17) is 34.8 Å². The molecule has 0 saturated carbocycles. The van der Waals surface area contributed by atoms with Crippen molar-refractivity contribution in [2.75, 3.05) is 0 Å². The lowest BCUT2D eigenvalue weighted by Gasteiger charge is -2.25. The first-order chi connectivity index (χ1) is 11.3. The summed E-state index contributed by atoms with van der Waals surface area (Å²) in [5.41, 5.74) is 1.38. The molecule has 0 aliphatic carbocycles. The number of benzene rings is 2. The van der Waals surface area contributed by atoms with E-state index < -0.39 is 19.9 Å². The molecule has 0 aliphatic rings. The predicted octanol–water partition coefficient (Wildman–Crippen LogP) is 4.56. The number of nitrogens with one attached hydrogen (secondary N) is 2. The third-order valence-electron chi connectivity index (χ3n) is 3.59. The Labute approximate surface area is 154 Å². The third-order valence-corrected chi connectivity index (χ3v) is 5.68. The molecule has 1 atom stereocenters. The molecule has 8 heteroatoms. The van der Waals surface area contributed by atoms with Gasteiger partial charge in [0.15, 0.2) is 0 Å². The van der Waals surface area contributed by atoms with Crippen LogP contribution < -0.4 is 4.72 Å². The quantitative estimate of drug-likeness (QED) is 0.627. The van der Waals surface area contributed by atoms with Crippen molar-refractivity contribution in [3.8, 4) is 0 Å². The molecule has 3 aromatic rings. The molecule has 0 amide bonds. The van der Waals surface area contributed by atoms with Gasteiger partial charge in [0.1, 0.15) is 0 Å². The third kappa shape index (κ3) is 3.55. The molecule has 0 saturated heterocycles. The van der Waals surface area contributed by atoms with Crippen LogP contribution in [0.1, 0.15) is 11.6 Å². The van der Waals surface area contributed by atoms with Crippen LogP contribution in [0.4, 0.5) is 0 Å². The van der Waals surface area contributed by atoms with Gasteiger partial charge in [-0.15, -0.1) is 0 Å². The molecule has 2 N–H and O–H groups in total. The maximum Gasteiger partial charge on any atom is 0.241 e. The lowest BCUT2D eigenvalue weighted by atomic mass is 10.1. The van der Waals surface area contributed by atoms with E-state index in [1.807, 2.05) is 24.3 Å². The Bertz CT molecular complexity index is 950. The minimum atomic E-state index is -3.85.